The predicted molar refractivity (Wildman–Crippen MR) is 124 cm³/mol. The van der Waals surface area contributed by atoms with E-state index in [2.05, 4.69) is 0 Å². The van der Waals surface area contributed by atoms with Crippen LogP contribution in [0.3, 0.4) is 0 Å². The van der Waals surface area contributed by atoms with Gasteiger partial charge in [0.2, 0.25) is 0 Å². The van der Waals surface area contributed by atoms with E-state index in [9.17, 15) is 33.9 Å². The number of hydrogen-bond donors (Lipinski definition) is 1. The number of carbonyl (C=O) groups excluding carboxylic acids is 6. The second-order valence-electron chi connectivity index (χ2n) is 9.05. The number of esters is 6. The number of carbonyl (C=O) groups is 6. The molecule has 0 aromatic carbocycles. The molecule has 0 spiro atoms. The van der Waals surface area contributed by atoms with Crippen LogP contribution in [-0.2, 0) is 71.4 Å². The van der Waals surface area contributed by atoms with E-state index in [0.29, 0.717) is 0 Å². The summed E-state index contributed by atoms with van der Waals surface area (Å²) in [6, 6.07) is 0. The summed E-state index contributed by atoms with van der Waals surface area (Å²) in [4.78, 5) is 70.9. The van der Waals surface area contributed by atoms with Gasteiger partial charge < -0.3 is 47.7 Å². The second-order valence-corrected chi connectivity index (χ2v) is 9.05. The van der Waals surface area contributed by atoms with Gasteiger partial charge in [0, 0.05) is 41.5 Å². The lowest BCUT2D eigenvalue weighted by atomic mass is 9.96. The van der Waals surface area contributed by atoms with Gasteiger partial charge in [0.1, 0.15) is 12.7 Å². The molecule has 2 saturated heterocycles. The molecule has 0 aromatic heterocycles. The lowest BCUT2D eigenvalue weighted by molar-refractivity contribution is -0.360. The lowest BCUT2D eigenvalue weighted by Gasteiger charge is -2.47. The zero-order valence-corrected chi connectivity index (χ0v) is 23.1. The summed E-state index contributed by atoms with van der Waals surface area (Å²) in [5, 5.41) is 10.8. The molecule has 226 valence electrons. The van der Waals surface area contributed by atoms with Gasteiger partial charge in [0.05, 0.1) is 6.10 Å². The fourth-order valence-corrected chi connectivity index (χ4v) is 4.27. The van der Waals surface area contributed by atoms with Gasteiger partial charge in [-0.2, -0.15) is 0 Å². The van der Waals surface area contributed by atoms with Crippen molar-refractivity contribution in [2.75, 3.05) is 6.61 Å². The first kappa shape index (κ1) is 32.9. The van der Waals surface area contributed by atoms with E-state index >= 15 is 0 Å². The van der Waals surface area contributed by atoms with Gasteiger partial charge in [0.25, 0.3) is 0 Å². The van der Waals surface area contributed by atoms with Crippen LogP contribution in [0.2, 0.25) is 0 Å². The fourth-order valence-electron chi connectivity index (χ4n) is 4.27. The summed E-state index contributed by atoms with van der Waals surface area (Å²) >= 11 is 0. The highest BCUT2D eigenvalue weighted by Gasteiger charge is 2.56. The molecule has 2 aliphatic rings. The van der Waals surface area contributed by atoms with Crippen LogP contribution in [0.15, 0.2) is 0 Å². The molecule has 2 fully saturated rings. The fraction of sp³-hybridized carbons (Fsp3) is 0.750. The molecule has 1 N–H and O–H groups in total. The molecule has 0 bridgehead atoms. The maximum absolute atomic E-state index is 12.0. The highest BCUT2D eigenvalue weighted by molar-refractivity contribution is 5.69. The van der Waals surface area contributed by atoms with Crippen LogP contribution in [0.25, 0.3) is 0 Å². The van der Waals surface area contributed by atoms with Gasteiger partial charge in [-0.15, -0.1) is 0 Å². The van der Waals surface area contributed by atoms with Crippen molar-refractivity contribution in [1.29, 1.82) is 0 Å². The van der Waals surface area contributed by atoms with Gasteiger partial charge in [-0.25, -0.2) is 0 Å². The summed E-state index contributed by atoms with van der Waals surface area (Å²) < 4.78 is 48.6. The molecule has 2 rings (SSSR count). The molecule has 0 amide bonds. The third-order valence-corrected chi connectivity index (χ3v) is 5.59. The molecule has 16 nitrogen and oxygen atoms in total. The van der Waals surface area contributed by atoms with E-state index in [1.807, 2.05) is 0 Å². The van der Waals surface area contributed by atoms with E-state index in [1.54, 1.807) is 0 Å². The van der Waals surface area contributed by atoms with Gasteiger partial charge in [-0.05, 0) is 6.92 Å². The van der Waals surface area contributed by atoms with Gasteiger partial charge in [-0.1, -0.05) is 0 Å². The minimum Gasteiger partial charge on any atom is -0.463 e. The molecule has 0 saturated carbocycles. The predicted octanol–water partition coefficient (Wildman–Crippen LogP) is -0.945. The Morgan fingerprint density at radius 3 is 1.48 bits per heavy atom. The molecule has 16 heteroatoms. The zero-order chi connectivity index (χ0) is 30.3. The minimum absolute atomic E-state index is 0.486. The molecule has 2 aliphatic heterocycles. The molecule has 40 heavy (non-hydrogen) atoms. The van der Waals surface area contributed by atoms with Crippen LogP contribution in [0.5, 0.6) is 0 Å². The van der Waals surface area contributed by atoms with E-state index in [-0.39, 0.29) is 0 Å². The minimum atomic E-state index is -1.90. The first-order valence-electron chi connectivity index (χ1n) is 12.2. The van der Waals surface area contributed by atoms with Crippen molar-refractivity contribution in [3.05, 3.63) is 0 Å². The van der Waals surface area contributed by atoms with Crippen molar-refractivity contribution < 1.29 is 76.5 Å². The Kier molecular flexibility index (Phi) is 11.8. The quantitative estimate of drug-likeness (QED) is 0.259. The average molecular weight is 579 g/mol. The molecule has 0 radical (unpaired) electrons. The summed E-state index contributed by atoms with van der Waals surface area (Å²) in [5.74, 6) is -4.80. The smallest absolute Gasteiger partial charge is 0.303 e. The first-order valence-corrected chi connectivity index (χ1v) is 12.2. The first-order chi connectivity index (χ1) is 18.6. The molecule has 10 atom stereocenters. The summed E-state index contributed by atoms with van der Waals surface area (Å²) in [6.07, 6.45) is -14.7. The molecular formula is C24H34O16. The van der Waals surface area contributed by atoms with Crippen molar-refractivity contribution in [3.8, 4) is 0 Å². The Morgan fingerprint density at radius 2 is 1.00 bits per heavy atom. The van der Waals surface area contributed by atoms with Gasteiger partial charge in [-0.3, -0.25) is 28.8 Å². The van der Waals surface area contributed by atoms with Crippen LogP contribution in [0.1, 0.15) is 48.5 Å². The maximum Gasteiger partial charge on any atom is 0.303 e. The van der Waals surface area contributed by atoms with Crippen molar-refractivity contribution >= 4 is 35.8 Å². The lowest BCUT2D eigenvalue weighted by Crippen LogP contribution is -2.66. The number of ether oxygens (including phenoxy) is 9. The summed E-state index contributed by atoms with van der Waals surface area (Å²) in [7, 11) is 0. The highest BCUT2D eigenvalue weighted by Crippen LogP contribution is 2.34. The van der Waals surface area contributed by atoms with Crippen molar-refractivity contribution in [2.45, 2.75) is 110 Å². The highest BCUT2D eigenvalue weighted by atomic mass is 16.8. The molecule has 0 unspecified atom stereocenters. The van der Waals surface area contributed by atoms with Crippen molar-refractivity contribution in [3.63, 3.8) is 0 Å². The van der Waals surface area contributed by atoms with E-state index in [4.69, 9.17) is 42.6 Å². The Bertz CT molecular complexity index is 965. The second kappa shape index (κ2) is 14.3. The SMILES string of the molecule is CC(=O)OC[C@H]1O[C@H](O)[C@H](O[C@@H]2O[C@@H](C)[C@H](OC(C)=O)[C@@H](OC(C)=O)[C@H]2OC(C)=O)[C@@H](OC(C)=O)[C@@H]1OC(C)=O. The summed E-state index contributed by atoms with van der Waals surface area (Å²) in [6.45, 7) is 7.45. The number of rotatable bonds is 9. The van der Waals surface area contributed by atoms with E-state index in [0.717, 1.165) is 41.5 Å². The topological polar surface area (TPSA) is 206 Å². The van der Waals surface area contributed by atoms with Crippen LogP contribution in [0, 0.1) is 0 Å². The third-order valence-electron chi connectivity index (χ3n) is 5.59. The monoisotopic (exact) mass is 578 g/mol. The van der Waals surface area contributed by atoms with Crippen molar-refractivity contribution in [1.82, 2.24) is 0 Å². The normalized spacial score (nSPS) is 33.6. The largest absolute Gasteiger partial charge is 0.463 e. The third kappa shape index (κ3) is 9.11. The Hall–Kier alpha value is -3.34. The van der Waals surface area contributed by atoms with Crippen LogP contribution in [0.4, 0.5) is 0 Å². The molecular weight excluding hydrogens is 544 g/mol. The van der Waals surface area contributed by atoms with Crippen molar-refractivity contribution in [2.24, 2.45) is 0 Å². The van der Waals surface area contributed by atoms with Gasteiger partial charge in [0.15, 0.2) is 49.2 Å². The van der Waals surface area contributed by atoms with Crippen LogP contribution < -0.4 is 0 Å². The average Bonchev–Trinajstić information content (AvgIpc) is 2.80. The summed E-state index contributed by atoms with van der Waals surface area (Å²) in [5.41, 5.74) is 0. The molecule has 0 aliphatic carbocycles. The number of aliphatic hydroxyl groups excluding tert-OH is 1. The Labute approximate surface area is 229 Å². The van der Waals surface area contributed by atoms with E-state index < -0.39 is 104 Å². The van der Waals surface area contributed by atoms with Crippen LogP contribution >= 0.6 is 0 Å². The number of hydrogen-bond acceptors (Lipinski definition) is 16. The standard InChI is InChI=1S/C24H34O16/c1-9-17(34-11(3)26)19(36-13(5)28)22(38-15(7)30)24(33-9)40-21-20(37-14(6)29)18(35-12(4)27)16(39-23(21)31)8-32-10(2)25/h9,16-24,31H,8H2,1-7H3/t9-,16+,17-,18+,19+,20-,21+,22+,23-,24-/m0/s1. The maximum atomic E-state index is 12.0. The molecule has 0 aromatic rings. The zero-order valence-electron chi connectivity index (χ0n) is 23.1. The van der Waals surface area contributed by atoms with E-state index in [1.165, 1.54) is 6.92 Å². The Balaban J connectivity index is 2.49. The number of aliphatic hydroxyl groups is 1. The van der Waals surface area contributed by atoms with Gasteiger partial charge >= 0.3 is 35.8 Å². The molecule has 2 heterocycles. The Morgan fingerprint density at radius 1 is 0.575 bits per heavy atom. The van der Waals surface area contributed by atoms with Crippen LogP contribution in [-0.4, -0.2) is 109 Å².